The molecule has 0 fully saturated rings. The molecule has 0 aliphatic carbocycles. The lowest BCUT2D eigenvalue weighted by atomic mass is 10.1. The fraction of sp³-hybridized carbons (Fsp3) is 0.400. The first-order valence-corrected chi connectivity index (χ1v) is 13.1. The Morgan fingerprint density at radius 1 is 1.06 bits per heavy atom. The smallest absolute Gasteiger partial charge is 0.244 e. The van der Waals surface area contributed by atoms with E-state index in [1.54, 1.807) is 50.2 Å². The van der Waals surface area contributed by atoms with Crippen LogP contribution in [0.2, 0.25) is 0 Å². The number of anilines is 1. The summed E-state index contributed by atoms with van der Waals surface area (Å²) >= 11 is 0. The van der Waals surface area contributed by atoms with E-state index in [2.05, 4.69) is 5.32 Å². The van der Waals surface area contributed by atoms with Gasteiger partial charge in [0, 0.05) is 18.7 Å². The van der Waals surface area contributed by atoms with Crippen LogP contribution in [0.4, 0.5) is 5.69 Å². The molecule has 190 valence electrons. The third-order valence-electron chi connectivity index (χ3n) is 5.44. The Bertz CT molecular complexity index is 1170. The van der Waals surface area contributed by atoms with Gasteiger partial charge in [-0.15, -0.1) is 0 Å². The van der Waals surface area contributed by atoms with Crippen LogP contribution in [0, 0.1) is 0 Å². The highest BCUT2D eigenvalue weighted by molar-refractivity contribution is 7.92. The van der Waals surface area contributed by atoms with Gasteiger partial charge in [-0.2, -0.15) is 0 Å². The Balaban J connectivity index is 2.48. The molecule has 1 atom stereocenters. The van der Waals surface area contributed by atoms with Crippen molar-refractivity contribution in [2.75, 3.05) is 30.8 Å². The molecular weight excluding hydrogens is 470 g/mol. The summed E-state index contributed by atoms with van der Waals surface area (Å²) in [4.78, 5) is 39.6. The SMILES string of the molecule is CCNC(=O)[C@@H](CC)N(Cc1cccc(OC)c1)C(=O)CN(c1cccc(C(C)=O)c1)S(C)(=O)=O. The topological polar surface area (TPSA) is 113 Å². The lowest BCUT2D eigenvalue weighted by molar-refractivity contribution is -0.140. The number of carbonyl (C=O) groups excluding carboxylic acids is 3. The minimum absolute atomic E-state index is 0.0801. The van der Waals surface area contributed by atoms with Gasteiger partial charge in [-0.05, 0) is 50.1 Å². The fourth-order valence-corrected chi connectivity index (χ4v) is 4.51. The fourth-order valence-electron chi connectivity index (χ4n) is 3.67. The van der Waals surface area contributed by atoms with Crippen molar-refractivity contribution >= 4 is 33.3 Å². The number of ketones is 1. The molecule has 0 spiro atoms. The third-order valence-corrected chi connectivity index (χ3v) is 6.58. The summed E-state index contributed by atoms with van der Waals surface area (Å²) in [6.07, 6.45) is 1.33. The molecular formula is C25H33N3O6S. The molecule has 9 nitrogen and oxygen atoms in total. The lowest BCUT2D eigenvalue weighted by Gasteiger charge is -2.33. The number of nitrogens with one attached hydrogen (secondary N) is 1. The number of sulfonamides is 1. The zero-order valence-electron chi connectivity index (χ0n) is 20.8. The molecule has 2 rings (SSSR count). The number of amides is 2. The second kappa shape index (κ2) is 12.3. The second-order valence-corrected chi connectivity index (χ2v) is 9.97. The van der Waals surface area contributed by atoms with Crippen LogP contribution in [0.3, 0.4) is 0 Å². The molecule has 0 aliphatic heterocycles. The Morgan fingerprint density at radius 2 is 1.74 bits per heavy atom. The van der Waals surface area contributed by atoms with Gasteiger partial charge in [0.1, 0.15) is 18.3 Å². The van der Waals surface area contributed by atoms with E-state index in [9.17, 15) is 22.8 Å². The van der Waals surface area contributed by atoms with Gasteiger partial charge in [-0.3, -0.25) is 18.7 Å². The Labute approximate surface area is 207 Å². The third kappa shape index (κ3) is 7.54. The maximum absolute atomic E-state index is 13.6. The van der Waals surface area contributed by atoms with Crippen LogP contribution in [0.5, 0.6) is 5.75 Å². The van der Waals surface area contributed by atoms with Gasteiger partial charge in [-0.25, -0.2) is 8.42 Å². The van der Waals surface area contributed by atoms with Crippen molar-refractivity contribution in [3.8, 4) is 5.75 Å². The van der Waals surface area contributed by atoms with Gasteiger partial charge in [0.15, 0.2) is 5.78 Å². The van der Waals surface area contributed by atoms with Crippen molar-refractivity contribution in [3.63, 3.8) is 0 Å². The summed E-state index contributed by atoms with van der Waals surface area (Å²) in [5.41, 5.74) is 1.25. The molecule has 0 bridgehead atoms. The minimum atomic E-state index is -3.88. The highest BCUT2D eigenvalue weighted by atomic mass is 32.2. The molecule has 0 unspecified atom stereocenters. The summed E-state index contributed by atoms with van der Waals surface area (Å²) in [5.74, 6) is -0.506. The van der Waals surface area contributed by atoms with Gasteiger partial charge in [0.25, 0.3) is 0 Å². The van der Waals surface area contributed by atoms with Gasteiger partial charge >= 0.3 is 0 Å². The maximum atomic E-state index is 13.6. The molecule has 2 amide bonds. The van der Waals surface area contributed by atoms with E-state index >= 15 is 0 Å². The lowest BCUT2D eigenvalue weighted by Crippen LogP contribution is -2.52. The molecule has 1 N–H and O–H groups in total. The Hall–Kier alpha value is -3.40. The molecule has 0 heterocycles. The highest BCUT2D eigenvalue weighted by Gasteiger charge is 2.31. The molecule has 2 aromatic carbocycles. The maximum Gasteiger partial charge on any atom is 0.244 e. The number of carbonyl (C=O) groups is 3. The van der Waals surface area contributed by atoms with Crippen LogP contribution in [0.15, 0.2) is 48.5 Å². The predicted octanol–water partition coefficient (Wildman–Crippen LogP) is 2.61. The van der Waals surface area contributed by atoms with Crippen LogP contribution in [0.25, 0.3) is 0 Å². The molecule has 0 aromatic heterocycles. The van der Waals surface area contributed by atoms with E-state index in [4.69, 9.17) is 4.74 Å². The summed E-state index contributed by atoms with van der Waals surface area (Å²) in [6, 6.07) is 12.4. The zero-order chi connectivity index (χ0) is 26.2. The largest absolute Gasteiger partial charge is 0.497 e. The number of hydrogen-bond donors (Lipinski definition) is 1. The van der Waals surface area contributed by atoms with Crippen molar-refractivity contribution in [1.82, 2.24) is 10.2 Å². The highest BCUT2D eigenvalue weighted by Crippen LogP contribution is 2.22. The van der Waals surface area contributed by atoms with E-state index in [0.717, 1.165) is 16.1 Å². The first kappa shape index (κ1) is 27.8. The van der Waals surface area contributed by atoms with Crippen LogP contribution >= 0.6 is 0 Å². The van der Waals surface area contributed by atoms with Crippen LogP contribution in [0.1, 0.15) is 43.1 Å². The summed E-state index contributed by atoms with van der Waals surface area (Å²) in [6.45, 7) is 4.90. The van der Waals surface area contributed by atoms with Gasteiger partial charge in [0.05, 0.1) is 19.1 Å². The number of nitrogens with zero attached hydrogens (tertiary/aromatic N) is 2. The molecule has 10 heteroatoms. The molecule has 0 saturated heterocycles. The monoisotopic (exact) mass is 503 g/mol. The number of hydrogen-bond acceptors (Lipinski definition) is 6. The quantitative estimate of drug-likeness (QED) is 0.446. The predicted molar refractivity (Wildman–Crippen MR) is 135 cm³/mol. The number of rotatable bonds is 12. The van der Waals surface area contributed by atoms with Crippen molar-refractivity contribution in [3.05, 3.63) is 59.7 Å². The van der Waals surface area contributed by atoms with Crippen molar-refractivity contribution in [2.24, 2.45) is 0 Å². The molecule has 0 aliphatic rings. The van der Waals surface area contributed by atoms with E-state index in [1.807, 2.05) is 0 Å². The average molecular weight is 504 g/mol. The molecule has 2 aromatic rings. The number of benzene rings is 2. The number of likely N-dealkylation sites (N-methyl/N-ethyl adjacent to an activating group) is 1. The minimum Gasteiger partial charge on any atom is -0.497 e. The molecule has 0 radical (unpaired) electrons. The number of Topliss-reactive ketones (excluding diaryl/α,β-unsaturated/α-hetero) is 1. The average Bonchev–Trinajstić information content (AvgIpc) is 2.81. The standard InChI is InChI=1S/C25H33N3O6S/c1-6-23(25(31)26-7-2)27(16-19-10-8-13-22(14-19)34-4)24(30)17-28(35(5,32)33)21-12-9-11-20(15-21)18(3)29/h8-15,23H,6-7,16-17H2,1-5H3,(H,26,31)/t23-/m1/s1. The van der Waals surface area contributed by atoms with Crippen molar-refractivity contribution in [2.45, 2.75) is 39.8 Å². The van der Waals surface area contributed by atoms with Crippen LogP contribution in [-0.4, -0.2) is 63.4 Å². The summed E-state index contributed by atoms with van der Waals surface area (Å²) in [7, 11) is -2.35. The van der Waals surface area contributed by atoms with Gasteiger partial charge < -0.3 is 15.0 Å². The van der Waals surface area contributed by atoms with E-state index < -0.39 is 28.5 Å². The Morgan fingerprint density at radius 3 is 2.31 bits per heavy atom. The summed E-state index contributed by atoms with van der Waals surface area (Å²) < 4.78 is 31.5. The summed E-state index contributed by atoms with van der Waals surface area (Å²) in [5, 5.41) is 2.75. The first-order chi connectivity index (χ1) is 16.5. The van der Waals surface area contributed by atoms with Gasteiger partial charge in [-0.1, -0.05) is 31.2 Å². The van der Waals surface area contributed by atoms with E-state index in [1.165, 1.54) is 31.1 Å². The first-order valence-electron chi connectivity index (χ1n) is 11.3. The molecule has 35 heavy (non-hydrogen) atoms. The molecule has 0 saturated carbocycles. The van der Waals surface area contributed by atoms with Gasteiger partial charge in [0.2, 0.25) is 21.8 Å². The van der Waals surface area contributed by atoms with Crippen molar-refractivity contribution in [1.29, 1.82) is 0 Å². The zero-order valence-corrected chi connectivity index (χ0v) is 21.6. The Kier molecular flexibility index (Phi) is 9.82. The number of methoxy groups -OCH3 is 1. The number of ether oxygens (including phenoxy) is 1. The van der Waals surface area contributed by atoms with Crippen LogP contribution in [-0.2, 0) is 26.2 Å². The van der Waals surface area contributed by atoms with E-state index in [-0.39, 0.29) is 23.9 Å². The second-order valence-electron chi connectivity index (χ2n) is 8.07. The van der Waals surface area contributed by atoms with Crippen LogP contribution < -0.4 is 14.4 Å². The normalized spacial score (nSPS) is 11.9. The van der Waals surface area contributed by atoms with E-state index in [0.29, 0.717) is 24.3 Å². The van der Waals surface area contributed by atoms with Crippen molar-refractivity contribution < 1.29 is 27.5 Å².